The quantitative estimate of drug-likeness (QED) is 0.270. The Morgan fingerprint density at radius 1 is 0.800 bits per heavy atom. The molecule has 3 aromatic carbocycles. The molecule has 1 aliphatic rings. The van der Waals surface area contributed by atoms with Crippen LogP contribution in [0.1, 0.15) is 11.1 Å². The molecule has 0 aromatic heterocycles. The van der Waals surface area contributed by atoms with Crippen LogP contribution in [0.2, 0.25) is 5.02 Å². The summed E-state index contributed by atoms with van der Waals surface area (Å²) in [6.45, 7) is 8.30. The topological polar surface area (TPSA) is 42.8 Å². The summed E-state index contributed by atoms with van der Waals surface area (Å²) in [6.07, 6.45) is 3.45. The van der Waals surface area contributed by atoms with E-state index in [-0.39, 0.29) is 0 Å². The van der Waals surface area contributed by atoms with Crippen LogP contribution in [0.15, 0.2) is 91.1 Å². The Bertz CT molecular complexity index is 1070. The molecule has 4 nitrogen and oxygen atoms in total. The Kier molecular flexibility index (Phi) is 5.87. The third kappa shape index (κ3) is 4.09. The highest BCUT2D eigenvalue weighted by atomic mass is 35.5. The first-order chi connectivity index (χ1) is 14.7. The number of ether oxygens (including phenoxy) is 2. The first-order valence-corrected chi connectivity index (χ1v) is 9.93. The van der Waals surface area contributed by atoms with Gasteiger partial charge in [-0.1, -0.05) is 43.0 Å². The zero-order valence-corrected chi connectivity index (χ0v) is 17.2. The molecule has 4 rings (SSSR count). The van der Waals surface area contributed by atoms with E-state index >= 15 is 0 Å². The fraction of sp³-hybridized carbons (Fsp3) is 0.0800. The first kappa shape index (κ1) is 19.8. The van der Waals surface area contributed by atoms with Crippen molar-refractivity contribution < 1.29 is 9.47 Å². The second kappa shape index (κ2) is 8.89. The maximum absolute atomic E-state index is 6.10. The van der Waals surface area contributed by atoms with E-state index in [1.165, 1.54) is 0 Å². The molecule has 150 valence electrons. The smallest absolute Gasteiger partial charge is 0.120 e. The molecule has 30 heavy (non-hydrogen) atoms. The van der Waals surface area contributed by atoms with Gasteiger partial charge in [-0.2, -0.15) is 5.10 Å². The minimum atomic E-state index is 0.443. The van der Waals surface area contributed by atoms with Crippen molar-refractivity contribution in [2.45, 2.75) is 0 Å². The normalized spacial score (nSPS) is 11.3. The largest absolute Gasteiger partial charge is 0.490 e. The molecule has 5 heteroatoms. The second-order valence-electron chi connectivity index (χ2n) is 6.70. The van der Waals surface area contributed by atoms with Crippen LogP contribution in [-0.4, -0.2) is 18.9 Å². The van der Waals surface area contributed by atoms with Gasteiger partial charge in [-0.05, 0) is 65.7 Å². The summed E-state index contributed by atoms with van der Waals surface area (Å²) in [4.78, 5) is 0. The lowest BCUT2D eigenvalue weighted by atomic mass is 10.1. The van der Waals surface area contributed by atoms with Crippen molar-refractivity contribution >= 4 is 23.0 Å². The minimum absolute atomic E-state index is 0.443. The molecule has 0 heterocycles. The number of rotatable bonds is 8. The van der Waals surface area contributed by atoms with Crippen LogP contribution in [0, 0.1) is 0 Å². The van der Waals surface area contributed by atoms with Crippen molar-refractivity contribution in [3.05, 3.63) is 102 Å². The average molecular weight is 417 g/mol. The Labute approximate surface area is 181 Å². The lowest BCUT2D eigenvalue weighted by Gasteiger charge is -2.08. The summed E-state index contributed by atoms with van der Waals surface area (Å²) in [5.41, 5.74) is 8.91. The Morgan fingerprint density at radius 2 is 1.40 bits per heavy atom. The van der Waals surface area contributed by atoms with Crippen LogP contribution in [0.5, 0.6) is 11.5 Å². The molecule has 3 aromatic rings. The van der Waals surface area contributed by atoms with E-state index in [0.717, 1.165) is 45.2 Å². The molecule has 0 saturated heterocycles. The van der Waals surface area contributed by atoms with Crippen LogP contribution in [0.3, 0.4) is 0 Å². The molecule has 1 aliphatic carbocycles. The van der Waals surface area contributed by atoms with E-state index in [0.29, 0.717) is 18.2 Å². The SMILES string of the molecule is C=CCOc1ccc2c(c1)C(=NNc1cccc(Cl)c1)c1cc(OCC=C)ccc1-2. The van der Waals surface area contributed by atoms with Crippen LogP contribution in [0.25, 0.3) is 11.1 Å². The van der Waals surface area contributed by atoms with Gasteiger partial charge in [0.15, 0.2) is 0 Å². The first-order valence-electron chi connectivity index (χ1n) is 9.55. The molecule has 0 atom stereocenters. The predicted octanol–water partition coefficient (Wildman–Crippen LogP) is 6.31. The summed E-state index contributed by atoms with van der Waals surface area (Å²) in [6, 6.07) is 19.5. The Morgan fingerprint density at radius 3 is 1.93 bits per heavy atom. The van der Waals surface area contributed by atoms with Gasteiger partial charge in [-0.15, -0.1) is 0 Å². The van der Waals surface area contributed by atoms with Crippen molar-refractivity contribution in [3.8, 4) is 22.6 Å². The molecule has 0 saturated carbocycles. The summed E-state index contributed by atoms with van der Waals surface area (Å²) < 4.78 is 11.5. The number of benzene rings is 3. The van der Waals surface area contributed by atoms with Gasteiger partial charge in [0, 0.05) is 16.1 Å². The zero-order valence-electron chi connectivity index (χ0n) is 16.4. The minimum Gasteiger partial charge on any atom is -0.490 e. The van der Waals surface area contributed by atoms with Crippen LogP contribution in [-0.2, 0) is 0 Å². The van der Waals surface area contributed by atoms with E-state index in [1.54, 1.807) is 12.2 Å². The van der Waals surface area contributed by atoms with Gasteiger partial charge in [-0.3, -0.25) is 5.43 Å². The van der Waals surface area contributed by atoms with E-state index in [1.807, 2.05) is 48.5 Å². The fourth-order valence-electron chi connectivity index (χ4n) is 3.34. The van der Waals surface area contributed by atoms with E-state index in [9.17, 15) is 0 Å². The molecule has 0 bridgehead atoms. The summed E-state index contributed by atoms with van der Waals surface area (Å²) in [7, 11) is 0. The molecule has 0 amide bonds. The highest BCUT2D eigenvalue weighted by molar-refractivity contribution is 6.30. The molecule has 0 unspecified atom stereocenters. The highest BCUT2D eigenvalue weighted by Gasteiger charge is 2.26. The highest BCUT2D eigenvalue weighted by Crippen LogP contribution is 2.40. The molecule has 0 fully saturated rings. The van der Waals surface area contributed by atoms with Gasteiger partial charge >= 0.3 is 0 Å². The molecule has 0 spiro atoms. The number of anilines is 1. The van der Waals surface area contributed by atoms with E-state index in [4.69, 9.17) is 26.2 Å². The van der Waals surface area contributed by atoms with E-state index in [2.05, 4.69) is 30.7 Å². The maximum Gasteiger partial charge on any atom is 0.120 e. The standard InChI is InChI=1S/C25H21ClN2O2/c1-3-12-29-19-8-10-21-22-11-9-20(30-13-4-2)16-24(22)25(23(21)15-19)28-27-18-7-5-6-17(26)14-18/h3-11,14-16,27H,1-2,12-13H2. The van der Waals surface area contributed by atoms with Gasteiger partial charge < -0.3 is 9.47 Å². The van der Waals surface area contributed by atoms with Gasteiger partial charge in [0.1, 0.15) is 24.7 Å². The Hall–Kier alpha value is -3.50. The molecule has 0 aliphatic heterocycles. The van der Waals surface area contributed by atoms with Crippen LogP contribution < -0.4 is 14.9 Å². The number of hydrogen-bond donors (Lipinski definition) is 1. The lowest BCUT2D eigenvalue weighted by molar-refractivity contribution is 0.363. The maximum atomic E-state index is 6.10. The van der Waals surface area contributed by atoms with Gasteiger partial charge in [0.25, 0.3) is 0 Å². The number of hydrazone groups is 1. The third-order valence-corrected chi connectivity index (χ3v) is 4.87. The van der Waals surface area contributed by atoms with Crippen molar-refractivity contribution in [3.63, 3.8) is 0 Å². The van der Waals surface area contributed by atoms with Crippen LogP contribution >= 0.6 is 11.6 Å². The van der Waals surface area contributed by atoms with Crippen molar-refractivity contribution in [1.29, 1.82) is 0 Å². The average Bonchev–Trinajstić information content (AvgIpc) is 3.07. The zero-order chi connectivity index (χ0) is 20.9. The number of nitrogens with zero attached hydrogens (tertiary/aromatic N) is 1. The molecular formula is C25H21ClN2O2. The molecule has 0 radical (unpaired) electrons. The fourth-order valence-corrected chi connectivity index (χ4v) is 3.53. The van der Waals surface area contributed by atoms with E-state index < -0.39 is 0 Å². The third-order valence-electron chi connectivity index (χ3n) is 4.64. The predicted molar refractivity (Wildman–Crippen MR) is 124 cm³/mol. The second-order valence-corrected chi connectivity index (χ2v) is 7.13. The number of hydrogen-bond acceptors (Lipinski definition) is 4. The summed E-state index contributed by atoms with van der Waals surface area (Å²) in [5, 5.41) is 5.36. The van der Waals surface area contributed by atoms with Crippen molar-refractivity contribution in [2.24, 2.45) is 5.10 Å². The lowest BCUT2D eigenvalue weighted by Crippen LogP contribution is -2.04. The van der Waals surface area contributed by atoms with Gasteiger partial charge in [0.05, 0.1) is 11.4 Å². The van der Waals surface area contributed by atoms with Crippen LogP contribution in [0.4, 0.5) is 5.69 Å². The summed E-state index contributed by atoms with van der Waals surface area (Å²) in [5.74, 6) is 1.53. The molecule has 1 N–H and O–H groups in total. The molecular weight excluding hydrogens is 396 g/mol. The number of fused-ring (bicyclic) bond motifs is 3. The van der Waals surface area contributed by atoms with Gasteiger partial charge in [0.2, 0.25) is 0 Å². The summed E-state index contributed by atoms with van der Waals surface area (Å²) >= 11 is 6.10. The van der Waals surface area contributed by atoms with Crippen molar-refractivity contribution in [1.82, 2.24) is 0 Å². The van der Waals surface area contributed by atoms with Crippen molar-refractivity contribution in [2.75, 3.05) is 18.6 Å². The monoisotopic (exact) mass is 416 g/mol. The number of nitrogens with one attached hydrogen (secondary N) is 1. The Balaban J connectivity index is 1.77. The van der Waals surface area contributed by atoms with Gasteiger partial charge in [-0.25, -0.2) is 0 Å². The number of halogens is 1.